The van der Waals surface area contributed by atoms with Crippen LogP contribution < -0.4 is 10.2 Å². The molecule has 0 saturated heterocycles. The highest BCUT2D eigenvalue weighted by atomic mass is 16.5. The standard InChI is InChI=1S/C11H15N5O2/c1-15(2)11-13-9(18-14-11)7-12-10(17)8-5-4-6-16(8)3/h4-6H,7H2,1-3H3,(H,12,17). The van der Waals surface area contributed by atoms with Gasteiger partial charge in [0.1, 0.15) is 5.69 Å². The molecule has 0 unspecified atom stereocenters. The van der Waals surface area contributed by atoms with Gasteiger partial charge in [0.25, 0.3) is 11.9 Å². The summed E-state index contributed by atoms with van der Waals surface area (Å²) < 4.78 is 6.74. The lowest BCUT2D eigenvalue weighted by Crippen LogP contribution is -2.24. The number of amides is 1. The van der Waals surface area contributed by atoms with Crippen molar-refractivity contribution in [3.63, 3.8) is 0 Å². The van der Waals surface area contributed by atoms with Gasteiger partial charge in [-0.15, -0.1) is 0 Å². The van der Waals surface area contributed by atoms with Gasteiger partial charge in [-0.2, -0.15) is 4.98 Å². The number of nitrogens with zero attached hydrogens (tertiary/aromatic N) is 4. The van der Waals surface area contributed by atoms with Crippen LogP contribution >= 0.6 is 0 Å². The molecule has 2 rings (SSSR count). The Balaban J connectivity index is 1.95. The summed E-state index contributed by atoms with van der Waals surface area (Å²) in [5.41, 5.74) is 0.586. The highest BCUT2D eigenvalue weighted by molar-refractivity contribution is 5.92. The van der Waals surface area contributed by atoms with Crippen LogP contribution in [0.15, 0.2) is 22.9 Å². The first-order valence-electron chi connectivity index (χ1n) is 5.47. The van der Waals surface area contributed by atoms with Gasteiger partial charge in [0, 0.05) is 27.3 Å². The van der Waals surface area contributed by atoms with Crippen LogP contribution in [0.25, 0.3) is 0 Å². The summed E-state index contributed by atoms with van der Waals surface area (Å²) in [4.78, 5) is 17.6. The van der Waals surface area contributed by atoms with Crippen molar-refractivity contribution in [2.75, 3.05) is 19.0 Å². The summed E-state index contributed by atoms with van der Waals surface area (Å²) >= 11 is 0. The van der Waals surface area contributed by atoms with Crippen molar-refractivity contribution >= 4 is 11.9 Å². The molecule has 7 heteroatoms. The molecular formula is C11H15N5O2. The number of nitrogens with one attached hydrogen (secondary N) is 1. The van der Waals surface area contributed by atoms with Crippen LogP contribution in [0.2, 0.25) is 0 Å². The average molecular weight is 249 g/mol. The van der Waals surface area contributed by atoms with Gasteiger partial charge in [0.2, 0.25) is 5.89 Å². The van der Waals surface area contributed by atoms with Crippen molar-refractivity contribution in [2.24, 2.45) is 7.05 Å². The Kier molecular flexibility index (Phi) is 3.31. The van der Waals surface area contributed by atoms with E-state index in [0.717, 1.165) is 0 Å². The highest BCUT2D eigenvalue weighted by Crippen LogP contribution is 2.05. The van der Waals surface area contributed by atoms with Crippen molar-refractivity contribution in [3.05, 3.63) is 29.9 Å². The molecule has 2 aromatic rings. The molecule has 2 heterocycles. The zero-order valence-corrected chi connectivity index (χ0v) is 10.5. The van der Waals surface area contributed by atoms with E-state index in [1.165, 1.54) is 0 Å². The zero-order chi connectivity index (χ0) is 13.1. The van der Waals surface area contributed by atoms with Crippen molar-refractivity contribution in [1.82, 2.24) is 20.0 Å². The third-order valence-electron chi connectivity index (χ3n) is 2.43. The number of aromatic nitrogens is 3. The smallest absolute Gasteiger partial charge is 0.268 e. The lowest BCUT2D eigenvalue weighted by Gasteiger charge is -2.03. The Morgan fingerprint density at radius 3 is 2.89 bits per heavy atom. The quantitative estimate of drug-likeness (QED) is 0.849. The van der Waals surface area contributed by atoms with Crippen LogP contribution in [-0.2, 0) is 13.6 Å². The topological polar surface area (TPSA) is 76.2 Å². The molecule has 0 bridgehead atoms. The van der Waals surface area contributed by atoms with Crippen LogP contribution in [-0.4, -0.2) is 34.7 Å². The molecule has 0 aliphatic rings. The minimum atomic E-state index is -0.174. The monoisotopic (exact) mass is 249 g/mol. The first-order valence-corrected chi connectivity index (χ1v) is 5.47. The normalized spacial score (nSPS) is 10.4. The predicted molar refractivity (Wildman–Crippen MR) is 65.2 cm³/mol. The van der Waals surface area contributed by atoms with Gasteiger partial charge >= 0.3 is 0 Å². The fraction of sp³-hybridized carbons (Fsp3) is 0.364. The molecule has 1 amide bonds. The predicted octanol–water partition coefficient (Wildman–Crippen LogP) is 0.404. The van der Waals surface area contributed by atoms with E-state index in [4.69, 9.17) is 4.52 Å². The molecule has 96 valence electrons. The van der Waals surface area contributed by atoms with Gasteiger partial charge < -0.3 is 19.3 Å². The Bertz CT molecular complexity index is 543. The Morgan fingerprint density at radius 2 is 2.33 bits per heavy atom. The summed E-state index contributed by atoms with van der Waals surface area (Å²) in [6.45, 7) is 0.213. The largest absolute Gasteiger partial charge is 0.347 e. The number of hydrogen-bond donors (Lipinski definition) is 1. The van der Waals surface area contributed by atoms with Crippen molar-refractivity contribution in [1.29, 1.82) is 0 Å². The second kappa shape index (κ2) is 4.91. The summed E-state index contributed by atoms with van der Waals surface area (Å²) in [7, 11) is 5.44. The number of carbonyl (C=O) groups is 1. The Morgan fingerprint density at radius 1 is 1.56 bits per heavy atom. The molecule has 0 aromatic carbocycles. The van der Waals surface area contributed by atoms with Gasteiger partial charge in [0.15, 0.2) is 0 Å². The van der Waals surface area contributed by atoms with Crippen molar-refractivity contribution in [2.45, 2.75) is 6.54 Å². The van der Waals surface area contributed by atoms with Gasteiger partial charge in [-0.1, -0.05) is 0 Å². The minimum absolute atomic E-state index is 0.174. The average Bonchev–Trinajstić information content (AvgIpc) is 2.94. The molecule has 0 aliphatic carbocycles. The molecular weight excluding hydrogens is 234 g/mol. The Hall–Kier alpha value is -2.31. The summed E-state index contributed by atoms with van der Waals surface area (Å²) in [6.07, 6.45) is 1.81. The Labute approximate surface area is 104 Å². The second-order valence-electron chi connectivity index (χ2n) is 4.07. The summed E-state index contributed by atoms with van der Waals surface area (Å²) in [5.74, 6) is 0.687. The molecule has 0 fully saturated rings. The van der Waals surface area contributed by atoms with Crippen LogP contribution in [0.5, 0.6) is 0 Å². The molecule has 0 spiro atoms. The van der Waals surface area contributed by atoms with Gasteiger partial charge in [0.05, 0.1) is 6.54 Å². The third-order valence-corrected chi connectivity index (χ3v) is 2.43. The third kappa shape index (κ3) is 2.50. The fourth-order valence-corrected chi connectivity index (χ4v) is 1.44. The molecule has 0 saturated carbocycles. The molecule has 18 heavy (non-hydrogen) atoms. The van der Waals surface area contributed by atoms with E-state index < -0.39 is 0 Å². The van der Waals surface area contributed by atoms with Crippen molar-refractivity contribution in [3.8, 4) is 0 Å². The maximum atomic E-state index is 11.8. The minimum Gasteiger partial charge on any atom is -0.347 e. The number of anilines is 1. The van der Waals surface area contributed by atoms with E-state index >= 15 is 0 Å². The maximum Gasteiger partial charge on any atom is 0.268 e. The van der Waals surface area contributed by atoms with Crippen LogP contribution in [0.3, 0.4) is 0 Å². The van der Waals surface area contributed by atoms with Crippen LogP contribution in [0.4, 0.5) is 5.95 Å². The van der Waals surface area contributed by atoms with E-state index in [9.17, 15) is 4.79 Å². The number of carbonyl (C=O) groups excluding carboxylic acids is 1. The molecule has 0 radical (unpaired) electrons. The van der Waals surface area contributed by atoms with E-state index in [2.05, 4.69) is 15.5 Å². The van der Waals surface area contributed by atoms with E-state index in [1.807, 2.05) is 33.4 Å². The van der Waals surface area contributed by atoms with Crippen LogP contribution in [0, 0.1) is 0 Å². The van der Waals surface area contributed by atoms with Crippen LogP contribution in [0.1, 0.15) is 16.4 Å². The first kappa shape index (κ1) is 12.2. The molecule has 0 aliphatic heterocycles. The lowest BCUT2D eigenvalue weighted by atomic mass is 10.4. The number of hydrogen-bond acceptors (Lipinski definition) is 5. The van der Waals surface area contributed by atoms with Crippen molar-refractivity contribution < 1.29 is 9.32 Å². The van der Waals surface area contributed by atoms with E-state index in [0.29, 0.717) is 17.5 Å². The summed E-state index contributed by atoms with van der Waals surface area (Å²) in [6, 6.07) is 3.56. The molecule has 7 nitrogen and oxygen atoms in total. The van der Waals surface area contributed by atoms with Gasteiger partial charge in [-0.05, 0) is 17.3 Å². The second-order valence-corrected chi connectivity index (χ2v) is 4.07. The van der Waals surface area contributed by atoms with Gasteiger partial charge in [-0.3, -0.25) is 4.79 Å². The lowest BCUT2D eigenvalue weighted by molar-refractivity contribution is 0.0938. The van der Waals surface area contributed by atoms with E-state index in [1.54, 1.807) is 15.5 Å². The number of rotatable bonds is 4. The molecule has 1 N–H and O–H groups in total. The van der Waals surface area contributed by atoms with Gasteiger partial charge in [-0.25, -0.2) is 0 Å². The fourth-order valence-electron chi connectivity index (χ4n) is 1.44. The first-order chi connectivity index (χ1) is 8.58. The SMILES string of the molecule is CN(C)c1noc(CNC(=O)c2cccn2C)n1. The number of aryl methyl sites for hydroxylation is 1. The van der Waals surface area contributed by atoms with E-state index in [-0.39, 0.29) is 12.5 Å². The molecule has 0 atom stereocenters. The maximum absolute atomic E-state index is 11.8. The summed E-state index contributed by atoms with van der Waals surface area (Å²) in [5, 5.41) is 6.48. The molecule has 2 aromatic heterocycles. The zero-order valence-electron chi connectivity index (χ0n) is 10.5. The highest BCUT2D eigenvalue weighted by Gasteiger charge is 2.11.